The van der Waals surface area contributed by atoms with Crippen LogP contribution in [0.15, 0.2) is 0 Å². The third-order valence-electron chi connectivity index (χ3n) is 2.31. The second kappa shape index (κ2) is 5.37. The minimum absolute atomic E-state index is 0.0304. The Morgan fingerprint density at radius 3 is 2.62 bits per heavy atom. The molecule has 1 aliphatic rings. The molecule has 4 unspecified atom stereocenters. The Kier molecular flexibility index (Phi) is 4.76. The van der Waals surface area contributed by atoms with E-state index >= 15 is 0 Å². The fraction of sp³-hybridized carbons (Fsp3) is 1.00. The highest BCUT2D eigenvalue weighted by Gasteiger charge is 2.27. The van der Waals surface area contributed by atoms with Crippen LogP contribution >= 0.6 is 23.2 Å². The molecule has 5 heteroatoms. The van der Waals surface area contributed by atoms with Crippen LogP contribution in [0.2, 0.25) is 0 Å². The number of rotatable bonds is 3. The van der Waals surface area contributed by atoms with Gasteiger partial charge in [0.05, 0.1) is 10.8 Å². The van der Waals surface area contributed by atoms with E-state index in [9.17, 15) is 0 Å². The molecule has 1 rings (SSSR count). The smallest absolute Gasteiger partial charge is 0.115 e. The topological polar surface area (TPSA) is 58.3 Å². The van der Waals surface area contributed by atoms with Gasteiger partial charge < -0.3 is 16.2 Å². The molecule has 4 atom stereocenters. The zero-order valence-electron chi connectivity index (χ0n) is 7.42. The summed E-state index contributed by atoms with van der Waals surface area (Å²) in [5, 5.41) is 12.1. The summed E-state index contributed by atoms with van der Waals surface area (Å²) in [5.74, 6) is 0. The lowest BCUT2D eigenvalue weighted by Crippen LogP contribution is -2.43. The van der Waals surface area contributed by atoms with E-state index in [1.54, 1.807) is 0 Å². The van der Waals surface area contributed by atoms with Crippen molar-refractivity contribution in [3.8, 4) is 0 Å². The van der Waals surface area contributed by atoms with Gasteiger partial charge in [0, 0.05) is 12.6 Å². The van der Waals surface area contributed by atoms with E-state index in [2.05, 4.69) is 5.32 Å². The van der Waals surface area contributed by atoms with Crippen molar-refractivity contribution in [3.63, 3.8) is 0 Å². The van der Waals surface area contributed by atoms with Gasteiger partial charge in [-0.05, 0) is 19.3 Å². The molecular formula is C8H16Cl2N2O. The molecule has 0 aromatic rings. The second-order valence-electron chi connectivity index (χ2n) is 3.52. The van der Waals surface area contributed by atoms with E-state index in [4.69, 9.17) is 34.0 Å². The van der Waals surface area contributed by atoms with E-state index in [0.717, 1.165) is 19.3 Å². The molecule has 0 amide bonds. The number of alkyl halides is 2. The Morgan fingerprint density at radius 1 is 1.38 bits per heavy atom. The number of nitrogens with two attached hydrogens (primary N) is 1. The summed E-state index contributed by atoms with van der Waals surface area (Å²) in [4.78, 5) is 0. The van der Waals surface area contributed by atoms with Crippen molar-refractivity contribution in [2.75, 3.05) is 6.54 Å². The molecule has 4 N–H and O–H groups in total. The summed E-state index contributed by atoms with van der Waals surface area (Å²) < 4.78 is 0. The first-order chi connectivity index (χ1) is 6.09. The summed E-state index contributed by atoms with van der Waals surface area (Å²) in [6.07, 6.45) is 1.99. The second-order valence-corrected chi connectivity index (χ2v) is 4.64. The van der Waals surface area contributed by atoms with Gasteiger partial charge >= 0.3 is 0 Å². The summed E-state index contributed by atoms with van der Waals surface area (Å²) >= 11 is 12.0. The third-order valence-corrected chi connectivity index (χ3v) is 3.44. The highest BCUT2D eigenvalue weighted by atomic mass is 35.5. The van der Waals surface area contributed by atoms with Gasteiger partial charge in [-0.2, -0.15) is 0 Å². The highest BCUT2D eigenvalue weighted by molar-refractivity contribution is 6.30. The molecule has 0 spiro atoms. The number of halogens is 2. The van der Waals surface area contributed by atoms with E-state index in [1.807, 2.05) is 0 Å². The van der Waals surface area contributed by atoms with Crippen LogP contribution in [-0.4, -0.2) is 34.7 Å². The quantitative estimate of drug-likeness (QED) is 0.489. The maximum absolute atomic E-state index is 8.86. The van der Waals surface area contributed by atoms with E-state index in [-0.39, 0.29) is 10.8 Å². The average Bonchev–Trinajstić information content (AvgIpc) is 2.07. The molecule has 13 heavy (non-hydrogen) atoms. The zero-order chi connectivity index (χ0) is 9.84. The van der Waals surface area contributed by atoms with Gasteiger partial charge in [-0.15, -0.1) is 23.2 Å². The van der Waals surface area contributed by atoms with Gasteiger partial charge in [0.25, 0.3) is 0 Å². The number of hydrogen-bond acceptors (Lipinski definition) is 3. The van der Waals surface area contributed by atoms with Crippen molar-refractivity contribution in [1.82, 2.24) is 5.32 Å². The van der Waals surface area contributed by atoms with E-state index < -0.39 is 6.23 Å². The Morgan fingerprint density at radius 2 is 2.08 bits per heavy atom. The molecule has 0 radical (unpaired) electrons. The summed E-state index contributed by atoms with van der Waals surface area (Å²) in [6, 6.07) is 0.343. The van der Waals surface area contributed by atoms with Crippen LogP contribution in [0, 0.1) is 0 Å². The molecular weight excluding hydrogens is 211 g/mol. The number of aliphatic hydroxyl groups is 1. The van der Waals surface area contributed by atoms with Crippen LogP contribution in [-0.2, 0) is 0 Å². The Hall–Kier alpha value is 0.460. The van der Waals surface area contributed by atoms with Gasteiger partial charge in [0.1, 0.15) is 6.23 Å². The zero-order valence-corrected chi connectivity index (χ0v) is 8.93. The molecule has 0 bridgehead atoms. The Labute approximate surface area is 88.6 Å². The molecule has 1 saturated carbocycles. The Bertz CT molecular complexity index is 157. The van der Waals surface area contributed by atoms with Crippen LogP contribution in [0.1, 0.15) is 19.3 Å². The first-order valence-corrected chi connectivity index (χ1v) is 5.42. The molecule has 3 nitrogen and oxygen atoms in total. The van der Waals surface area contributed by atoms with Crippen molar-refractivity contribution in [2.24, 2.45) is 5.73 Å². The van der Waals surface area contributed by atoms with Gasteiger partial charge in [0.2, 0.25) is 0 Å². The normalized spacial score (nSPS) is 37.4. The van der Waals surface area contributed by atoms with Crippen molar-refractivity contribution < 1.29 is 5.11 Å². The summed E-state index contributed by atoms with van der Waals surface area (Å²) in [5.41, 5.74) is 5.21. The van der Waals surface area contributed by atoms with Crippen LogP contribution in [0.4, 0.5) is 0 Å². The number of nitrogens with one attached hydrogen (secondary N) is 1. The van der Waals surface area contributed by atoms with Crippen LogP contribution in [0.25, 0.3) is 0 Å². The first kappa shape index (κ1) is 11.5. The minimum atomic E-state index is -0.789. The van der Waals surface area contributed by atoms with Crippen molar-refractivity contribution in [2.45, 2.75) is 42.3 Å². The molecule has 78 valence electrons. The average molecular weight is 227 g/mol. The van der Waals surface area contributed by atoms with Crippen LogP contribution < -0.4 is 11.1 Å². The third kappa shape index (κ3) is 4.00. The fourth-order valence-electron chi connectivity index (χ4n) is 1.55. The standard InChI is InChI=1S/C8H16Cl2N2O/c9-6-2-1-5(3-7(6)10)12-4-8(11)13/h5-8,12-13H,1-4,11H2. The molecule has 1 fully saturated rings. The predicted octanol–water partition coefficient (Wildman–Crippen LogP) is 0.620. The SMILES string of the molecule is NC(O)CNC1CCC(Cl)C(Cl)C1. The molecule has 0 aliphatic heterocycles. The van der Waals surface area contributed by atoms with Gasteiger partial charge in [-0.3, -0.25) is 0 Å². The lowest BCUT2D eigenvalue weighted by molar-refractivity contribution is 0.170. The van der Waals surface area contributed by atoms with E-state index in [0.29, 0.717) is 12.6 Å². The molecule has 0 saturated heterocycles. The maximum atomic E-state index is 8.86. The number of hydrogen-bond donors (Lipinski definition) is 3. The van der Waals surface area contributed by atoms with Gasteiger partial charge in [-0.25, -0.2) is 0 Å². The summed E-state index contributed by atoms with van der Waals surface area (Å²) in [7, 11) is 0. The first-order valence-electron chi connectivity index (χ1n) is 4.54. The highest BCUT2D eigenvalue weighted by Crippen LogP contribution is 2.27. The minimum Gasteiger partial charge on any atom is -0.377 e. The van der Waals surface area contributed by atoms with E-state index in [1.165, 1.54) is 0 Å². The lowest BCUT2D eigenvalue weighted by Gasteiger charge is -2.30. The van der Waals surface area contributed by atoms with Crippen LogP contribution in [0.5, 0.6) is 0 Å². The summed E-state index contributed by atoms with van der Waals surface area (Å²) in [6.45, 7) is 0.418. The number of aliphatic hydroxyl groups excluding tert-OH is 1. The monoisotopic (exact) mass is 226 g/mol. The predicted molar refractivity (Wildman–Crippen MR) is 55.1 cm³/mol. The fourth-order valence-corrected chi connectivity index (χ4v) is 2.12. The molecule has 0 heterocycles. The molecule has 1 aliphatic carbocycles. The van der Waals surface area contributed by atoms with Gasteiger partial charge in [0.15, 0.2) is 0 Å². The maximum Gasteiger partial charge on any atom is 0.115 e. The van der Waals surface area contributed by atoms with Gasteiger partial charge in [-0.1, -0.05) is 0 Å². The van der Waals surface area contributed by atoms with Crippen LogP contribution in [0.3, 0.4) is 0 Å². The lowest BCUT2D eigenvalue weighted by atomic mass is 9.94. The van der Waals surface area contributed by atoms with Crippen molar-refractivity contribution in [1.29, 1.82) is 0 Å². The van der Waals surface area contributed by atoms with Crippen molar-refractivity contribution >= 4 is 23.2 Å². The van der Waals surface area contributed by atoms with Crippen molar-refractivity contribution in [3.05, 3.63) is 0 Å². The Balaban J connectivity index is 2.21. The molecule has 0 aromatic heterocycles. The largest absolute Gasteiger partial charge is 0.377 e. The molecule has 0 aromatic carbocycles.